The highest BCUT2D eigenvalue weighted by Crippen LogP contribution is 2.19. The van der Waals surface area contributed by atoms with Gasteiger partial charge in [0.25, 0.3) is 0 Å². The lowest BCUT2D eigenvalue weighted by molar-refractivity contribution is 0.558. The summed E-state index contributed by atoms with van der Waals surface area (Å²) in [7, 11) is 0. The fourth-order valence-electron chi connectivity index (χ4n) is 2.08. The number of rotatable bonds is 5. The van der Waals surface area contributed by atoms with Gasteiger partial charge in [-0.15, -0.1) is 0 Å². The van der Waals surface area contributed by atoms with E-state index in [0.717, 1.165) is 23.9 Å². The van der Waals surface area contributed by atoms with Gasteiger partial charge in [0.1, 0.15) is 11.6 Å². The van der Waals surface area contributed by atoms with Crippen LogP contribution in [0.1, 0.15) is 17.8 Å². The van der Waals surface area contributed by atoms with Crippen LogP contribution in [-0.2, 0) is 6.54 Å². The minimum Gasteiger partial charge on any atom is -0.362 e. The van der Waals surface area contributed by atoms with Crippen LogP contribution in [-0.4, -0.2) is 21.4 Å². The van der Waals surface area contributed by atoms with Crippen molar-refractivity contribution in [2.75, 3.05) is 11.9 Å². The van der Waals surface area contributed by atoms with Gasteiger partial charge in [0.2, 0.25) is 0 Å². The molecule has 8 heteroatoms. The molecule has 2 rings (SSSR count). The molecule has 0 bridgehead atoms. The smallest absolute Gasteiger partial charge is 0.170 e. The summed E-state index contributed by atoms with van der Waals surface area (Å²) in [5.41, 5.74) is 1.87. The molecule has 0 aliphatic heterocycles. The van der Waals surface area contributed by atoms with E-state index in [-0.39, 0.29) is 10.8 Å². The summed E-state index contributed by atoms with van der Waals surface area (Å²) in [6, 6.07) is 3.27. The highest BCUT2D eigenvalue weighted by atomic mass is 35.5. The second kappa shape index (κ2) is 7.70. The zero-order valence-electron chi connectivity index (χ0n) is 12.8. The maximum atomic E-state index is 13.5. The monoisotopic (exact) mass is 358 g/mol. The first-order valence-electron chi connectivity index (χ1n) is 7.08. The number of hydrogen-bond donors (Lipinski definition) is 2. The first-order valence-corrected chi connectivity index (χ1v) is 7.86. The molecule has 1 heterocycles. The molecule has 23 heavy (non-hydrogen) atoms. The Morgan fingerprint density at radius 2 is 2.09 bits per heavy atom. The average Bonchev–Trinajstić information content (AvgIpc) is 2.74. The number of thiocarbonyl (C=S) groups is 1. The van der Waals surface area contributed by atoms with Gasteiger partial charge >= 0.3 is 0 Å². The third kappa shape index (κ3) is 4.62. The fourth-order valence-corrected chi connectivity index (χ4v) is 2.43. The Kier molecular flexibility index (Phi) is 5.90. The predicted octanol–water partition coefficient (Wildman–Crippen LogP) is 3.81. The lowest BCUT2D eigenvalue weighted by Crippen LogP contribution is -2.30. The van der Waals surface area contributed by atoms with Crippen LogP contribution in [0.5, 0.6) is 0 Å². The number of benzene rings is 1. The molecular formula is C15H17ClF2N4S. The van der Waals surface area contributed by atoms with Gasteiger partial charge in [0.15, 0.2) is 5.11 Å². The maximum absolute atomic E-state index is 13.5. The van der Waals surface area contributed by atoms with Crippen LogP contribution in [0.3, 0.4) is 0 Å². The Balaban J connectivity index is 1.77. The lowest BCUT2D eigenvalue weighted by Gasteiger charge is -2.11. The van der Waals surface area contributed by atoms with Crippen molar-refractivity contribution in [2.45, 2.75) is 26.8 Å². The van der Waals surface area contributed by atoms with Crippen molar-refractivity contribution in [3.05, 3.63) is 46.2 Å². The summed E-state index contributed by atoms with van der Waals surface area (Å²) in [5.74, 6) is -1.32. The van der Waals surface area contributed by atoms with Crippen molar-refractivity contribution < 1.29 is 8.78 Å². The van der Waals surface area contributed by atoms with Crippen molar-refractivity contribution in [3.8, 4) is 0 Å². The quantitative estimate of drug-likeness (QED) is 0.630. The molecule has 0 aliphatic rings. The Morgan fingerprint density at radius 3 is 2.70 bits per heavy atom. The summed E-state index contributed by atoms with van der Waals surface area (Å²) in [5, 5.41) is 11.0. The van der Waals surface area contributed by atoms with E-state index in [1.807, 2.05) is 18.5 Å². The van der Waals surface area contributed by atoms with E-state index in [1.54, 1.807) is 0 Å². The topological polar surface area (TPSA) is 41.9 Å². The van der Waals surface area contributed by atoms with Gasteiger partial charge in [-0.1, -0.05) is 11.6 Å². The molecule has 0 amide bonds. The van der Waals surface area contributed by atoms with Crippen LogP contribution >= 0.6 is 23.8 Å². The number of nitrogens with zero attached hydrogens (tertiary/aromatic N) is 2. The molecule has 0 radical (unpaired) electrons. The number of aryl methyl sites for hydroxylation is 2. The first-order chi connectivity index (χ1) is 10.9. The molecule has 0 saturated heterocycles. The summed E-state index contributed by atoms with van der Waals surface area (Å²) in [6.45, 7) is 5.06. The van der Waals surface area contributed by atoms with E-state index in [0.29, 0.717) is 18.1 Å². The van der Waals surface area contributed by atoms with Crippen molar-refractivity contribution >= 4 is 34.6 Å². The molecule has 1 aromatic heterocycles. The van der Waals surface area contributed by atoms with Gasteiger partial charge in [-0.2, -0.15) is 5.10 Å². The van der Waals surface area contributed by atoms with Gasteiger partial charge in [-0.05, 0) is 44.6 Å². The second-order valence-corrected chi connectivity index (χ2v) is 5.85. The van der Waals surface area contributed by atoms with Gasteiger partial charge in [0, 0.05) is 19.2 Å². The molecule has 2 N–H and O–H groups in total. The molecule has 0 atom stereocenters. The number of halogens is 3. The molecule has 2 aromatic rings. The van der Waals surface area contributed by atoms with Crippen LogP contribution in [0.2, 0.25) is 5.02 Å². The summed E-state index contributed by atoms with van der Waals surface area (Å²) in [4.78, 5) is 0. The SMILES string of the molecule is Cc1nn(CCCNC(=S)Nc2ccc(F)cc2F)c(C)c1Cl. The summed E-state index contributed by atoms with van der Waals surface area (Å²) >= 11 is 11.2. The minimum atomic E-state index is -0.688. The van der Waals surface area contributed by atoms with E-state index >= 15 is 0 Å². The van der Waals surface area contributed by atoms with Crippen molar-refractivity contribution in [1.82, 2.24) is 15.1 Å². The standard InChI is InChI=1S/C15H17ClF2N4S/c1-9-14(16)10(2)22(21-9)7-3-6-19-15(23)20-13-5-4-11(17)8-12(13)18/h4-5,8H,3,6-7H2,1-2H3,(H2,19,20,23). The molecule has 4 nitrogen and oxygen atoms in total. The third-order valence-corrected chi connectivity index (χ3v) is 4.10. The molecule has 0 spiro atoms. The molecule has 1 aromatic carbocycles. The largest absolute Gasteiger partial charge is 0.362 e. The Bertz CT molecular complexity index is 718. The highest BCUT2D eigenvalue weighted by molar-refractivity contribution is 7.80. The normalized spacial score (nSPS) is 10.7. The lowest BCUT2D eigenvalue weighted by atomic mass is 10.3. The summed E-state index contributed by atoms with van der Waals surface area (Å²) in [6.07, 6.45) is 0.770. The number of anilines is 1. The zero-order valence-corrected chi connectivity index (χ0v) is 14.4. The molecule has 0 unspecified atom stereocenters. The van der Waals surface area contributed by atoms with E-state index in [9.17, 15) is 8.78 Å². The Morgan fingerprint density at radius 1 is 1.35 bits per heavy atom. The van der Waals surface area contributed by atoms with Crippen molar-refractivity contribution in [3.63, 3.8) is 0 Å². The maximum Gasteiger partial charge on any atom is 0.170 e. The third-order valence-electron chi connectivity index (χ3n) is 3.30. The van der Waals surface area contributed by atoms with E-state index in [2.05, 4.69) is 15.7 Å². The Hall–Kier alpha value is -1.73. The molecule has 0 saturated carbocycles. The van der Waals surface area contributed by atoms with Gasteiger partial charge in [-0.3, -0.25) is 4.68 Å². The van der Waals surface area contributed by atoms with Gasteiger partial charge in [-0.25, -0.2) is 8.78 Å². The van der Waals surface area contributed by atoms with Crippen LogP contribution in [0.4, 0.5) is 14.5 Å². The minimum absolute atomic E-state index is 0.134. The predicted molar refractivity (Wildman–Crippen MR) is 91.9 cm³/mol. The highest BCUT2D eigenvalue weighted by Gasteiger charge is 2.09. The van der Waals surface area contributed by atoms with E-state index < -0.39 is 11.6 Å². The fraction of sp³-hybridized carbons (Fsp3) is 0.333. The van der Waals surface area contributed by atoms with Crippen LogP contribution in [0.25, 0.3) is 0 Å². The first kappa shape index (κ1) is 17.6. The van der Waals surface area contributed by atoms with Crippen LogP contribution < -0.4 is 10.6 Å². The van der Waals surface area contributed by atoms with Crippen LogP contribution in [0, 0.1) is 25.5 Å². The molecule has 0 aliphatic carbocycles. The molecule has 0 fully saturated rings. The second-order valence-electron chi connectivity index (χ2n) is 5.07. The number of aromatic nitrogens is 2. The average molecular weight is 359 g/mol. The molecular weight excluding hydrogens is 342 g/mol. The van der Waals surface area contributed by atoms with Crippen LogP contribution in [0.15, 0.2) is 18.2 Å². The van der Waals surface area contributed by atoms with Crippen molar-refractivity contribution in [2.24, 2.45) is 0 Å². The van der Waals surface area contributed by atoms with E-state index in [1.165, 1.54) is 12.1 Å². The van der Waals surface area contributed by atoms with Gasteiger partial charge < -0.3 is 10.6 Å². The Labute approximate surface area is 143 Å². The van der Waals surface area contributed by atoms with E-state index in [4.69, 9.17) is 23.8 Å². The summed E-state index contributed by atoms with van der Waals surface area (Å²) < 4.78 is 28.2. The number of hydrogen-bond acceptors (Lipinski definition) is 2. The van der Waals surface area contributed by atoms with Crippen molar-refractivity contribution in [1.29, 1.82) is 0 Å². The number of nitrogens with one attached hydrogen (secondary N) is 2. The molecule has 124 valence electrons. The van der Waals surface area contributed by atoms with Gasteiger partial charge in [0.05, 0.1) is 22.1 Å². The zero-order chi connectivity index (χ0) is 17.0.